The fourth-order valence-corrected chi connectivity index (χ4v) is 2.37. The van der Waals surface area contributed by atoms with Crippen LogP contribution in [0.3, 0.4) is 0 Å². The second-order valence-electron chi connectivity index (χ2n) is 4.64. The molecule has 0 unspecified atom stereocenters. The summed E-state index contributed by atoms with van der Waals surface area (Å²) >= 11 is 0. The van der Waals surface area contributed by atoms with Crippen molar-refractivity contribution in [1.29, 1.82) is 0 Å². The maximum atomic E-state index is 12.1. The summed E-state index contributed by atoms with van der Waals surface area (Å²) in [6.07, 6.45) is 2.83. The lowest BCUT2D eigenvalue weighted by molar-refractivity contribution is -0.130. The molecule has 2 rings (SSSR count). The summed E-state index contributed by atoms with van der Waals surface area (Å²) < 4.78 is 0. The third-order valence-electron chi connectivity index (χ3n) is 3.44. The number of carbonyl (C=O) groups is 1. The van der Waals surface area contributed by atoms with Crippen molar-refractivity contribution in [2.75, 3.05) is 19.6 Å². The first-order valence-electron chi connectivity index (χ1n) is 6.34. The minimum absolute atomic E-state index is 0.157. The second-order valence-corrected chi connectivity index (χ2v) is 4.64. The minimum atomic E-state index is 0.157. The van der Waals surface area contributed by atoms with E-state index in [9.17, 15) is 4.79 Å². The Bertz CT molecular complexity index is 358. The first kappa shape index (κ1) is 12.1. The zero-order valence-electron chi connectivity index (χ0n) is 10.1. The van der Waals surface area contributed by atoms with Crippen molar-refractivity contribution in [2.45, 2.75) is 25.2 Å². The third kappa shape index (κ3) is 3.07. The van der Waals surface area contributed by atoms with Crippen molar-refractivity contribution in [3.63, 3.8) is 0 Å². The molecule has 1 aliphatic rings. The number of carbonyl (C=O) groups excluding carboxylic acids is 1. The van der Waals surface area contributed by atoms with Gasteiger partial charge in [-0.05, 0) is 24.9 Å². The van der Waals surface area contributed by atoms with E-state index in [0.717, 1.165) is 25.9 Å². The Kier molecular flexibility index (Phi) is 4.15. The van der Waals surface area contributed by atoms with Crippen LogP contribution in [-0.2, 0) is 4.79 Å². The van der Waals surface area contributed by atoms with Gasteiger partial charge >= 0.3 is 0 Å². The van der Waals surface area contributed by atoms with Crippen LogP contribution in [0.2, 0.25) is 0 Å². The predicted molar refractivity (Wildman–Crippen MR) is 68.7 cm³/mol. The van der Waals surface area contributed by atoms with Gasteiger partial charge in [-0.2, -0.15) is 0 Å². The Morgan fingerprint density at radius 1 is 1.24 bits per heavy atom. The molecule has 1 aliphatic heterocycles. The van der Waals surface area contributed by atoms with Gasteiger partial charge in [0.05, 0.1) is 0 Å². The van der Waals surface area contributed by atoms with Gasteiger partial charge in [0, 0.05) is 25.4 Å². The van der Waals surface area contributed by atoms with E-state index in [1.54, 1.807) is 0 Å². The van der Waals surface area contributed by atoms with Gasteiger partial charge in [0.25, 0.3) is 0 Å². The van der Waals surface area contributed by atoms with Crippen LogP contribution < -0.4 is 5.73 Å². The van der Waals surface area contributed by atoms with E-state index in [2.05, 4.69) is 12.1 Å². The quantitative estimate of drug-likeness (QED) is 0.859. The number of nitrogens with zero attached hydrogens (tertiary/aromatic N) is 1. The molecule has 1 fully saturated rings. The lowest BCUT2D eigenvalue weighted by atomic mass is 9.95. The van der Waals surface area contributed by atoms with E-state index in [1.165, 1.54) is 5.56 Å². The highest BCUT2D eigenvalue weighted by atomic mass is 16.2. The molecule has 1 aromatic carbocycles. The zero-order chi connectivity index (χ0) is 12.1. The fourth-order valence-electron chi connectivity index (χ4n) is 2.37. The van der Waals surface area contributed by atoms with E-state index >= 15 is 0 Å². The molecule has 3 nitrogen and oxygen atoms in total. The van der Waals surface area contributed by atoms with Gasteiger partial charge in [0.1, 0.15) is 0 Å². The third-order valence-corrected chi connectivity index (χ3v) is 3.44. The molecule has 0 aliphatic carbocycles. The van der Waals surface area contributed by atoms with E-state index in [4.69, 9.17) is 5.73 Å². The van der Waals surface area contributed by atoms with Crippen molar-refractivity contribution in [1.82, 2.24) is 4.90 Å². The van der Waals surface area contributed by atoms with E-state index in [-0.39, 0.29) is 11.8 Å². The molecule has 17 heavy (non-hydrogen) atoms. The number of benzene rings is 1. The number of nitrogens with two attached hydrogens (primary N) is 1. The summed E-state index contributed by atoms with van der Waals surface area (Å²) in [5, 5.41) is 0. The summed E-state index contributed by atoms with van der Waals surface area (Å²) in [6.45, 7) is 2.37. The van der Waals surface area contributed by atoms with Crippen molar-refractivity contribution < 1.29 is 4.79 Å². The molecule has 0 saturated carbocycles. The molecule has 1 aromatic rings. The topological polar surface area (TPSA) is 46.3 Å². The number of likely N-dealkylation sites (tertiary alicyclic amines) is 1. The maximum absolute atomic E-state index is 12.1. The van der Waals surface area contributed by atoms with Gasteiger partial charge in [-0.15, -0.1) is 0 Å². The normalized spacial score (nSPS) is 17.1. The highest BCUT2D eigenvalue weighted by molar-refractivity contribution is 5.77. The molecular formula is C14H20N2O. The highest BCUT2D eigenvalue weighted by Gasteiger charge is 2.21. The number of rotatable bonds is 4. The minimum Gasteiger partial charge on any atom is -0.343 e. The van der Waals surface area contributed by atoms with Crippen LogP contribution in [0.1, 0.15) is 30.7 Å². The number of amides is 1. The molecule has 92 valence electrons. The molecular weight excluding hydrogens is 212 g/mol. The predicted octanol–water partition coefficient (Wildman–Crippen LogP) is 1.74. The molecule has 0 bridgehead atoms. The van der Waals surface area contributed by atoms with Gasteiger partial charge in [-0.3, -0.25) is 4.79 Å². The van der Waals surface area contributed by atoms with Gasteiger partial charge in [0.15, 0.2) is 0 Å². The SMILES string of the molecule is NC[C@@H](CC(=O)N1CCCC1)c1ccccc1. The van der Waals surface area contributed by atoms with Crippen LogP contribution in [0, 0.1) is 0 Å². The molecule has 0 radical (unpaired) electrons. The van der Waals surface area contributed by atoms with Crippen LogP contribution in [0.25, 0.3) is 0 Å². The summed E-state index contributed by atoms with van der Waals surface area (Å²) in [6, 6.07) is 10.1. The molecule has 1 amide bonds. The molecule has 3 heteroatoms. The van der Waals surface area contributed by atoms with Crippen LogP contribution in [0.4, 0.5) is 0 Å². The standard InChI is InChI=1S/C14H20N2O/c15-11-13(12-6-2-1-3-7-12)10-14(17)16-8-4-5-9-16/h1-3,6-7,13H,4-5,8-11,15H2/t13-/m1/s1. The lowest BCUT2D eigenvalue weighted by Gasteiger charge is -2.20. The summed E-state index contributed by atoms with van der Waals surface area (Å²) in [5.74, 6) is 0.408. The smallest absolute Gasteiger partial charge is 0.223 e. The number of hydrogen-bond donors (Lipinski definition) is 1. The van der Waals surface area contributed by atoms with Gasteiger partial charge in [-0.1, -0.05) is 30.3 Å². The molecule has 1 saturated heterocycles. The van der Waals surface area contributed by atoms with Gasteiger partial charge < -0.3 is 10.6 Å². The Labute approximate surface area is 103 Å². The van der Waals surface area contributed by atoms with Crippen molar-refractivity contribution >= 4 is 5.91 Å². The number of hydrogen-bond acceptors (Lipinski definition) is 2. The molecule has 1 atom stereocenters. The van der Waals surface area contributed by atoms with E-state index < -0.39 is 0 Å². The van der Waals surface area contributed by atoms with Crippen LogP contribution in [0.15, 0.2) is 30.3 Å². The van der Waals surface area contributed by atoms with Crippen LogP contribution in [0.5, 0.6) is 0 Å². The first-order chi connectivity index (χ1) is 8.31. The lowest BCUT2D eigenvalue weighted by Crippen LogP contribution is -2.30. The zero-order valence-corrected chi connectivity index (χ0v) is 10.1. The molecule has 0 aromatic heterocycles. The van der Waals surface area contributed by atoms with E-state index in [0.29, 0.717) is 13.0 Å². The average molecular weight is 232 g/mol. The molecule has 1 heterocycles. The average Bonchev–Trinajstić information content (AvgIpc) is 2.90. The first-order valence-corrected chi connectivity index (χ1v) is 6.34. The van der Waals surface area contributed by atoms with Crippen molar-refractivity contribution in [3.05, 3.63) is 35.9 Å². The van der Waals surface area contributed by atoms with Gasteiger partial charge in [0.2, 0.25) is 5.91 Å². The van der Waals surface area contributed by atoms with Crippen molar-refractivity contribution in [2.24, 2.45) is 5.73 Å². The van der Waals surface area contributed by atoms with Crippen molar-refractivity contribution in [3.8, 4) is 0 Å². The van der Waals surface area contributed by atoms with Crippen LogP contribution >= 0.6 is 0 Å². The summed E-state index contributed by atoms with van der Waals surface area (Å²) in [5.41, 5.74) is 6.95. The Morgan fingerprint density at radius 2 is 1.88 bits per heavy atom. The summed E-state index contributed by atoms with van der Waals surface area (Å²) in [7, 11) is 0. The maximum Gasteiger partial charge on any atom is 0.223 e. The molecule has 2 N–H and O–H groups in total. The Morgan fingerprint density at radius 3 is 2.47 bits per heavy atom. The molecule has 0 spiro atoms. The largest absolute Gasteiger partial charge is 0.343 e. The van der Waals surface area contributed by atoms with Gasteiger partial charge in [-0.25, -0.2) is 0 Å². The Hall–Kier alpha value is -1.35. The Balaban J connectivity index is 1.97. The van der Waals surface area contributed by atoms with E-state index in [1.807, 2.05) is 23.1 Å². The summed E-state index contributed by atoms with van der Waals surface area (Å²) in [4.78, 5) is 14.0. The van der Waals surface area contributed by atoms with Crippen LogP contribution in [-0.4, -0.2) is 30.4 Å². The monoisotopic (exact) mass is 232 g/mol. The second kappa shape index (κ2) is 5.82. The highest BCUT2D eigenvalue weighted by Crippen LogP contribution is 2.20. The fraction of sp³-hybridized carbons (Fsp3) is 0.500.